The molecule has 2 heterocycles. The Morgan fingerprint density at radius 1 is 1.14 bits per heavy atom. The van der Waals surface area contributed by atoms with Gasteiger partial charge in [0.05, 0.1) is 0 Å². The van der Waals surface area contributed by atoms with Crippen molar-refractivity contribution in [2.75, 3.05) is 13.1 Å². The lowest BCUT2D eigenvalue weighted by Crippen LogP contribution is -2.39. The summed E-state index contributed by atoms with van der Waals surface area (Å²) in [4.78, 5) is 17.5. The van der Waals surface area contributed by atoms with Crippen molar-refractivity contribution in [3.63, 3.8) is 0 Å². The first-order chi connectivity index (χ1) is 10.3. The summed E-state index contributed by atoms with van der Waals surface area (Å²) in [6, 6.07) is 8.52. The van der Waals surface area contributed by atoms with Crippen LogP contribution in [0.2, 0.25) is 0 Å². The first-order valence-corrected chi connectivity index (χ1v) is 8.15. The normalized spacial score (nSPS) is 20.1. The maximum absolute atomic E-state index is 12.1. The molecule has 1 aliphatic carbocycles. The van der Waals surface area contributed by atoms with Gasteiger partial charge in [-0.3, -0.25) is 4.79 Å². The number of H-pyrrole nitrogens is 1. The maximum Gasteiger partial charge on any atom is 0.225 e. The van der Waals surface area contributed by atoms with Crippen molar-refractivity contribution < 1.29 is 4.79 Å². The number of nitrogens with one attached hydrogen (secondary N) is 1. The number of carbonyl (C=O) groups excluding carboxylic acids is 1. The van der Waals surface area contributed by atoms with Gasteiger partial charge in [-0.05, 0) is 49.7 Å². The van der Waals surface area contributed by atoms with Crippen molar-refractivity contribution in [2.45, 2.75) is 32.1 Å². The number of amides is 1. The summed E-state index contributed by atoms with van der Waals surface area (Å²) in [5.41, 5.74) is 2.66. The van der Waals surface area contributed by atoms with Gasteiger partial charge in [-0.25, -0.2) is 0 Å². The average molecular weight is 282 g/mol. The van der Waals surface area contributed by atoms with Gasteiger partial charge in [0.2, 0.25) is 5.91 Å². The molecule has 1 aliphatic heterocycles. The Morgan fingerprint density at radius 2 is 1.90 bits per heavy atom. The summed E-state index contributed by atoms with van der Waals surface area (Å²) in [5.74, 6) is 1.50. The van der Waals surface area contributed by atoms with Gasteiger partial charge >= 0.3 is 0 Å². The Morgan fingerprint density at radius 3 is 2.67 bits per heavy atom. The average Bonchev–Trinajstić information content (AvgIpc) is 3.30. The maximum atomic E-state index is 12.1. The largest absolute Gasteiger partial charge is 0.361 e. The highest BCUT2D eigenvalue weighted by atomic mass is 16.2. The molecule has 2 aromatic rings. The second-order valence-corrected chi connectivity index (χ2v) is 6.61. The summed E-state index contributed by atoms with van der Waals surface area (Å²) in [6.45, 7) is 1.92. The third-order valence-corrected chi connectivity index (χ3v) is 5.04. The number of aromatic amines is 1. The second-order valence-electron chi connectivity index (χ2n) is 6.61. The monoisotopic (exact) mass is 282 g/mol. The minimum absolute atomic E-state index is 0.371. The van der Waals surface area contributed by atoms with Crippen LogP contribution in [0.25, 0.3) is 10.9 Å². The zero-order valence-corrected chi connectivity index (χ0v) is 12.3. The van der Waals surface area contributed by atoms with Gasteiger partial charge in [0.1, 0.15) is 0 Å². The zero-order valence-electron chi connectivity index (χ0n) is 12.3. The summed E-state index contributed by atoms with van der Waals surface area (Å²) in [6.07, 6.45) is 7.83. The van der Waals surface area contributed by atoms with Crippen molar-refractivity contribution in [2.24, 2.45) is 11.8 Å². The number of likely N-dealkylation sites (tertiary alicyclic amines) is 1. The molecule has 4 rings (SSSR count). The van der Waals surface area contributed by atoms with Crippen molar-refractivity contribution in [3.05, 3.63) is 36.0 Å². The minimum atomic E-state index is 0.371. The summed E-state index contributed by atoms with van der Waals surface area (Å²) < 4.78 is 0. The number of para-hydroxylation sites is 1. The van der Waals surface area contributed by atoms with Gasteiger partial charge in [0.25, 0.3) is 0 Å². The Kier molecular flexibility index (Phi) is 3.21. The number of benzene rings is 1. The number of rotatable bonds is 3. The predicted molar refractivity (Wildman–Crippen MR) is 84.0 cm³/mol. The van der Waals surface area contributed by atoms with Crippen LogP contribution < -0.4 is 0 Å². The number of nitrogens with zero attached hydrogens (tertiary/aromatic N) is 1. The van der Waals surface area contributed by atoms with E-state index in [1.54, 1.807) is 0 Å². The molecule has 2 fully saturated rings. The van der Waals surface area contributed by atoms with Gasteiger partial charge in [0.15, 0.2) is 0 Å². The van der Waals surface area contributed by atoms with Crippen LogP contribution in [0, 0.1) is 11.8 Å². The van der Waals surface area contributed by atoms with E-state index in [4.69, 9.17) is 0 Å². The fourth-order valence-electron chi connectivity index (χ4n) is 3.56. The van der Waals surface area contributed by atoms with Crippen LogP contribution in [0.5, 0.6) is 0 Å². The first kappa shape index (κ1) is 12.9. The van der Waals surface area contributed by atoms with E-state index in [0.29, 0.717) is 17.7 Å². The first-order valence-electron chi connectivity index (χ1n) is 8.15. The molecule has 21 heavy (non-hydrogen) atoms. The molecule has 3 nitrogen and oxygen atoms in total. The van der Waals surface area contributed by atoms with Crippen molar-refractivity contribution >= 4 is 16.8 Å². The van der Waals surface area contributed by atoms with Gasteiger partial charge in [0, 0.05) is 36.1 Å². The summed E-state index contributed by atoms with van der Waals surface area (Å²) in [5, 5.41) is 1.36. The van der Waals surface area contributed by atoms with Crippen molar-refractivity contribution in [1.29, 1.82) is 0 Å². The lowest BCUT2D eigenvalue weighted by atomic mass is 9.90. The van der Waals surface area contributed by atoms with Crippen LogP contribution in [0.1, 0.15) is 31.2 Å². The highest BCUT2D eigenvalue weighted by Gasteiger charge is 2.34. The minimum Gasteiger partial charge on any atom is -0.361 e. The van der Waals surface area contributed by atoms with Gasteiger partial charge in [-0.1, -0.05) is 18.2 Å². The van der Waals surface area contributed by atoms with Gasteiger partial charge in [-0.15, -0.1) is 0 Å². The smallest absolute Gasteiger partial charge is 0.225 e. The molecule has 1 saturated heterocycles. The molecule has 1 aromatic heterocycles. The third-order valence-electron chi connectivity index (χ3n) is 5.04. The molecular weight excluding hydrogens is 260 g/mol. The molecule has 1 aromatic carbocycles. The number of piperidine rings is 1. The molecule has 1 N–H and O–H groups in total. The number of hydrogen-bond donors (Lipinski definition) is 1. The van der Waals surface area contributed by atoms with E-state index in [0.717, 1.165) is 45.2 Å². The zero-order chi connectivity index (χ0) is 14.2. The highest BCUT2D eigenvalue weighted by Crippen LogP contribution is 2.33. The third kappa shape index (κ3) is 2.57. The van der Waals surface area contributed by atoms with E-state index in [-0.39, 0.29) is 0 Å². The van der Waals surface area contributed by atoms with Crippen molar-refractivity contribution in [3.8, 4) is 0 Å². The molecule has 2 aliphatic rings. The van der Waals surface area contributed by atoms with E-state index in [9.17, 15) is 4.79 Å². The van der Waals surface area contributed by atoms with Crippen LogP contribution in [0.3, 0.4) is 0 Å². The Labute approximate surface area is 125 Å². The summed E-state index contributed by atoms with van der Waals surface area (Å²) in [7, 11) is 0. The van der Waals surface area contributed by atoms with E-state index < -0.39 is 0 Å². The molecule has 0 atom stereocenters. The van der Waals surface area contributed by atoms with Gasteiger partial charge < -0.3 is 9.88 Å². The number of hydrogen-bond acceptors (Lipinski definition) is 1. The molecule has 0 unspecified atom stereocenters. The lowest BCUT2D eigenvalue weighted by Gasteiger charge is -2.32. The Balaban J connectivity index is 1.39. The molecular formula is C18H22N2O. The Hall–Kier alpha value is -1.77. The fraction of sp³-hybridized carbons (Fsp3) is 0.500. The van der Waals surface area contributed by atoms with Crippen LogP contribution in [-0.2, 0) is 11.2 Å². The molecule has 0 bridgehead atoms. The van der Waals surface area contributed by atoms with E-state index in [1.165, 1.54) is 16.5 Å². The Bertz CT molecular complexity index is 648. The van der Waals surface area contributed by atoms with Gasteiger partial charge in [-0.2, -0.15) is 0 Å². The van der Waals surface area contributed by atoms with E-state index in [1.807, 2.05) is 0 Å². The molecule has 1 amide bonds. The standard InChI is InChI=1S/C18H22N2O/c21-18(14-5-6-14)20-9-7-13(8-10-20)11-15-12-19-17-4-2-1-3-16(15)17/h1-4,12-14,19H,5-11H2. The second kappa shape index (κ2) is 5.21. The highest BCUT2D eigenvalue weighted by molar-refractivity contribution is 5.83. The SMILES string of the molecule is O=C(C1CC1)N1CCC(Cc2c[nH]c3ccccc23)CC1. The molecule has 3 heteroatoms. The molecule has 0 radical (unpaired) electrons. The quantitative estimate of drug-likeness (QED) is 0.920. The molecule has 110 valence electrons. The molecule has 1 saturated carbocycles. The van der Waals surface area contributed by atoms with Crippen LogP contribution in [0.15, 0.2) is 30.5 Å². The summed E-state index contributed by atoms with van der Waals surface area (Å²) >= 11 is 0. The number of aromatic nitrogens is 1. The predicted octanol–water partition coefficient (Wildman–Crippen LogP) is 3.36. The lowest BCUT2D eigenvalue weighted by molar-refractivity contribution is -0.133. The van der Waals surface area contributed by atoms with Crippen LogP contribution >= 0.6 is 0 Å². The topological polar surface area (TPSA) is 36.1 Å². The fourth-order valence-corrected chi connectivity index (χ4v) is 3.56. The van der Waals surface area contributed by atoms with Crippen LogP contribution in [-0.4, -0.2) is 28.9 Å². The van der Waals surface area contributed by atoms with Crippen molar-refractivity contribution in [1.82, 2.24) is 9.88 Å². The molecule has 0 spiro atoms. The van der Waals surface area contributed by atoms with E-state index in [2.05, 4.69) is 40.3 Å². The number of fused-ring (bicyclic) bond motifs is 1. The van der Waals surface area contributed by atoms with E-state index >= 15 is 0 Å². The van der Waals surface area contributed by atoms with Crippen LogP contribution in [0.4, 0.5) is 0 Å². The number of carbonyl (C=O) groups is 1.